The molecule has 7 heteroatoms. The van der Waals surface area contributed by atoms with Crippen molar-refractivity contribution >= 4 is 28.4 Å². The van der Waals surface area contributed by atoms with Crippen LogP contribution in [0.25, 0.3) is 11.0 Å². The van der Waals surface area contributed by atoms with E-state index >= 15 is 0 Å². The van der Waals surface area contributed by atoms with Gasteiger partial charge in [-0.15, -0.1) is 0 Å². The lowest BCUT2D eigenvalue weighted by molar-refractivity contribution is 0.513. The minimum Gasteiger partial charge on any atom is -0.369 e. The number of piperazine rings is 1. The van der Waals surface area contributed by atoms with Crippen molar-refractivity contribution in [2.24, 2.45) is 0 Å². The molecule has 2 N–H and O–H groups in total. The number of fused-ring (bicyclic) bond motifs is 1. The van der Waals surface area contributed by atoms with Gasteiger partial charge in [0.15, 0.2) is 0 Å². The second kappa shape index (κ2) is 8.30. The molecule has 3 heterocycles. The average molecular weight is 419 g/mol. The van der Waals surface area contributed by atoms with Gasteiger partial charge in [0.1, 0.15) is 5.65 Å². The Balaban J connectivity index is 1.47. The van der Waals surface area contributed by atoms with Gasteiger partial charge in [0.05, 0.1) is 0 Å². The first-order valence-corrected chi connectivity index (χ1v) is 11.3. The highest BCUT2D eigenvalue weighted by atomic mass is 16.1. The van der Waals surface area contributed by atoms with E-state index in [1.807, 2.05) is 24.6 Å². The molecule has 1 aromatic carbocycles. The molecule has 0 amide bonds. The zero-order valence-electron chi connectivity index (χ0n) is 18.3. The van der Waals surface area contributed by atoms with Gasteiger partial charge in [-0.25, -0.2) is 4.98 Å². The lowest BCUT2D eigenvalue weighted by atomic mass is 10.1. The second-order valence-corrected chi connectivity index (χ2v) is 8.70. The number of anilines is 3. The van der Waals surface area contributed by atoms with Gasteiger partial charge in [0, 0.05) is 60.7 Å². The van der Waals surface area contributed by atoms with E-state index in [4.69, 9.17) is 4.98 Å². The number of rotatable bonds is 4. The molecular formula is C24H30N6O. The highest BCUT2D eigenvalue weighted by Gasteiger charge is 2.23. The third-order valence-corrected chi connectivity index (χ3v) is 6.80. The fraction of sp³-hybridized carbons (Fsp3) is 0.458. The van der Waals surface area contributed by atoms with Gasteiger partial charge in [-0.05, 0) is 56.5 Å². The van der Waals surface area contributed by atoms with Crippen LogP contribution in [0.15, 0.2) is 35.3 Å². The summed E-state index contributed by atoms with van der Waals surface area (Å²) in [6.45, 7) is 7.99. The fourth-order valence-electron chi connectivity index (χ4n) is 4.83. The molecule has 5 rings (SSSR count). The number of benzene rings is 1. The van der Waals surface area contributed by atoms with Gasteiger partial charge < -0.3 is 15.5 Å². The summed E-state index contributed by atoms with van der Waals surface area (Å²) in [6, 6.07) is 8.63. The third kappa shape index (κ3) is 3.78. The number of nitrogens with one attached hydrogen (secondary N) is 2. The Morgan fingerprint density at radius 1 is 1.03 bits per heavy atom. The lowest BCUT2D eigenvalue weighted by Gasteiger charge is -2.29. The summed E-state index contributed by atoms with van der Waals surface area (Å²) >= 11 is 0. The third-order valence-electron chi connectivity index (χ3n) is 6.80. The Morgan fingerprint density at radius 2 is 1.74 bits per heavy atom. The number of aryl methyl sites for hydroxylation is 1. The van der Waals surface area contributed by atoms with Crippen molar-refractivity contribution in [2.75, 3.05) is 36.4 Å². The van der Waals surface area contributed by atoms with Crippen molar-refractivity contribution in [3.63, 3.8) is 0 Å². The van der Waals surface area contributed by atoms with Crippen LogP contribution in [0.1, 0.15) is 42.9 Å². The van der Waals surface area contributed by atoms with E-state index in [-0.39, 0.29) is 11.6 Å². The zero-order valence-corrected chi connectivity index (χ0v) is 18.3. The predicted molar refractivity (Wildman–Crippen MR) is 126 cm³/mol. The molecule has 1 aliphatic carbocycles. The Labute approximate surface area is 182 Å². The molecule has 2 aliphatic rings. The summed E-state index contributed by atoms with van der Waals surface area (Å²) in [7, 11) is 0. The van der Waals surface area contributed by atoms with Crippen LogP contribution >= 0.6 is 0 Å². The van der Waals surface area contributed by atoms with Gasteiger partial charge in [-0.3, -0.25) is 9.36 Å². The lowest BCUT2D eigenvalue weighted by Crippen LogP contribution is -2.43. The maximum absolute atomic E-state index is 13.1. The van der Waals surface area contributed by atoms with Crippen molar-refractivity contribution in [3.05, 3.63) is 51.9 Å². The van der Waals surface area contributed by atoms with Gasteiger partial charge in [0.2, 0.25) is 5.95 Å². The fourth-order valence-corrected chi connectivity index (χ4v) is 4.83. The maximum Gasteiger partial charge on any atom is 0.255 e. The number of pyridine rings is 1. The zero-order chi connectivity index (χ0) is 21.4. The van der Waals surface area contributed by atoms with Crippen LogP contribution < -0.4 is 21.1 Å². The van der Waals surface area contributed by atoms with Gasteiger partial charge in [-0.2, -0.15) is 4.98 Å². The highest BCUT2D eigenvalue weighted by Crippen LogP contribution is 2.32. The Hall–Kier alpha value is -2.93. The van der Waals surface area contributed by atoms with E-state index in [0.717, 1.165) is 66.9 Å². The molecule has 0 unspecified atom stereocenters. The molecule has 2 aromatic heterocycles. The molecule has 0 spiro atoms. The van der Waals surface area contributed by atoms with E-state index in [1.54, 1.807) is 0 Å². The van der Waals surface area contributed by atoms with E-state index < -0.39 is 0 Å². The number of hydrogen-bond acceptors (Lipinski definition) is 6. The number of hydrogen-bond donors (Lipinski definition) is 2. The molecule has 7 nitrogen and oxygen atoms in total. The van der Waals surface area contributed by atoms with E-state index in [1.165, 1.54) is 18.5 Å². The molecule has 1 saturated carbocycles. The van der Waals surface area contributed by atoms with Gasteiger partial charge in [0.25, 0.3) is 5.56 Å². The minimum atomic E-state index is 0.0851. The van der Waals surface area contributed by atoms with Crippen LogP contribution in [0.3, 0.4) is 0 Å². The smallest absolute Gasteiger partial charge is 0.255 e. The van der Waals surface area contributed by atoms with E-state index in [0.29, 0.717) is 5.95 Å². The van der Waals surface area contributed by atoms with Gasteiger partial charge >= 0.3 is 0 Å². The largest absolute Gasteiger partial charge is 0.369 e. The van der Waals surface area contributed by atoms with Crippen LogP contribution in [0, 0.1) is 13.8 Å². The Morgan fingerprint density at radius 3 is 2.45 bits per heavy atom. The molecule has 0 atom stereocenters. The van der Waals surface area contributed by atoms with Crippen LogP contribution in [0.5, 0.6) is 0 Å². The van der Waals surface area contributed by atoms with Crippen LogP contribution in [-0.4, -0.2) is 40.7 Å². The Kier molecular flexibility index (Phi) is 5.36. The standard InChI is InChI=1S/C24H30N6O/c1-16-17(2)23(31)30(20-5-3-4-6-20)22-21(16)15-26-24(28-22)27-18-7-9-19(10-8-18)29-13-11-25-12-14-29/h7-10,15,20,25H,3-6,11-14H2,1-2H3,(H,26,27,28). The molecule has 31 heavy (non-hydrogen) atoms. The van der Waals surface area contributed by atoms with E-state index in [9.17, 15) is 4.79 Å². The summed E-state index contributed by atoms with van der Waals surface area (Å²) < 4.78 is 1.92. The second-order valence-electron chi connectivity index (χ2n) is 8.70. The summed E-state index contributed by atoms with van der Waals surface area (Å²) in [6.07, 6.45) is 6.27. The average Bonchev–Trinajstić information content (AvgIpc) is 3.33. The summed E-state index contributed by atoms with van der Waals surface area (Å²) in [4.78, 5) is 24.9. The number of aromatic nitrogens is 3. The topological polar surface area (TPSA) is 75.1 Å². The van der Waals surface area contributed by atoms with E-state index in [2.05, 4.69) is 44.8 Å². The molecule has 2 fully saturated rings. The molecule has 1 aliphatic heterocycles. The summed E-state index contributed by atoms with van der Waals surface area (Å²) in [5.74, 6) is 0.525. The quantitative estimate of drug-likeness (QED) is 0.673. The van der Waals surface area contributed by atoms with Gasteiger partial charge in [-0.1, -0.05) is 12.8 Å². The van der Waals surface area contributed by atoms with Crippen molar-refractivity contribution in [3.8, 4) is 0 Å². The number of nitrogens with zero attached hydrogens (tertiary/aromatic N) is 4. The monoisotopic (exact) mass is 418 g/mol. The predicted octanol–water partition coefficient (Wildman–Crippen LogP) is 3.68. The van der Waals surface area contributed by atoms with Crippen molar-refractivity contribution in [2.45, 2.75) is 45.6 Å². The SMILES string of the molecule is Cc1c(C)c2cnc(Nc3ccc(N4CCNCC4)cc3)nc2n(C2CCCC2)c1=O. The molecule has 162 valence electrons. The van der Waals surface area contributed by atoms with Crippen molar-refractivity contribution in [1.29, 1.82) is 0 Å². The molecule has 1 saturated heterocycles. The van der Waals surface area contributed by atoms with Crippen LogP contribution in [0.4, 0.5) is 17.3 Å². The molecule has 0 bridgehead atoms. The highest BCUT2D eigenvalue weighted by molar-refractivity contribution is 5.80. The normalized spacial score (nSPS) is 17.4. The van der Waals surface area contributed by atoms with Crippen LogP contribution in [-0.2, 0) is 0 Å². The molecule has 0 radical (unpaired) electrons. The summed E-state index contributed by atoms with van der Waals surface area (Å²) in [5, 5.41) is 7.68. The van der Waals surface area contributed by atoms with Crippen LogP contribution in [0.2, 0.25) is 0 Å². The summed E-state index contributed by atoms with van der Waals surface area (Å²) in [5.41, 5.74) is 4.77. The first-order chi connectivity index (χ1) is 15.1. The minimum absolute atomic E-state index is 0.0851. The molecular weight excluding hydrogens is 388 g/mol. The Bertz CT molecular complexity index is 1140. The van der Waals surface area contributed by atoms with Crippen molar-refractivity contribution < 1.29 is 0 Å². The first kappa shape index (κ1) is 20.0. The first-order valence-electron chi connectivity index (χ1n) is 11.3. The van der Waals surface area contributed by atoms with Crippen molar-refractivity contribution in [1.82, 2.24) is 19.9 Å². The molecule has 3 aromatic rings. The maximum atomic E-state index is 13.1.